The molecule has 4 aromatic carbocycles. The molecular weight excluding hydrogens is 738 g/mol. The number of piperidine rings is 2. The highest BCUT2D eigenvalue weighted by molar-refractivity contribution is 6.23. The van der Waals surface area contributed by atoms with Gasteiger partial charge in [-0.2, -0.15) is 0 Å². The van der Waals surface area contributed by atoms with Gasteiger partial charge in [0.2, 0.25) is 17.7 Å². The Hall–Kier alpha value is -5.88. The van der Waals surface area contributed by atoms with Crippen LogP contribution in [0.4, 0.5) is 10.1 Å². The number of hydrogen-bond donors (Lipinski definition) is 2. The number of carbonyl (C=O) groups is 5. The Morgan fingerprint density at radius 2 is 1.48 bits per heavy atom. The molecular formula is C46H44FN5O6. The average molecular weight is 782 g/mol. The zero-order chi connectivity index (χ0) is 39.9. The molecule has 4 aromatic rings. The van der Waals surface area contributed by atoms with E-state index in [2.05, 4.69) is 22.3 Å². The van der Waals surface area contributed by atoms with Crippen LogP contribution in [0.2, 0.25) is 0 Å². The van der Waals surface area contributed by atoms with Crippen molar-refractivity contribution in [2.75, 3.05) is 37.6 Å². The smallest absolute Gasteiger partial charge is 0.262 e. The second kappa shape index (κ2) is 13.9. The summed E-state index contributed by atoms with van der Waals surface area (Å²) in [7, 11) is 0. The Labute approximate surface area is 335 Å². The van der Waals surface area contributed by atoms with Crippen molar-refractivity contribution >= 4 is 35.2 Å². The zero-order valence-electron chi connectivity index (χ0n) is 32.1. The van der Waals surface area contributed by atoms with E-state index >= 15 is 4.39 Å². The molecule has 58 heavy (non-hydrogen) atoms. The molecule has 1 spiro atoms. The van der Waals surface area contributed by atoms with E-state index in [4.69, 9.17) is 0 Å². The van der Waals surface area contributed by atoms with Crippen LogP contribution in [0.25, 0.3) is 0 Å². The lowest BCUT2D eigenvalue weighted by Gasteiger charge is -2.54. The van der Waals surface area contributed by atoms with Gasteiger partial charge in [-0.05, 0) is 108 Å². The number of anilines is 1. The highest BCUT2D eigenvalue weighted by Gasteiger charge is 2.48. The van der Waals surface area contributed by atoms with E-state index in [0.717, 1.165) is 71.6 Å². The summed E-state index contributed by atoms with van der Waals surface area (Å²) in [6, 6.07) is 23.9. The number of amides is 5. The van der Waals surface area contributed by atoms with Gasteiger partial charge in [0.25, 0.3) is 11.8 Å². The maximum absolute atomic E-state index is 16.3. The van der Waals surface area contributed by atoms with Crippen molar-refractivity contribution in [2.24, 2.45) is 5.41 Å². The average Bonchev–Trinajstić information content (AvgIpc) is 3.71. The minimum Gasteiger partial charge on any atom is -0.508 e. The molecule has 5 heterocycles. The van der Waals surface area contributed by atoms with Crippen LogP contribution in [0.1, 0.15) is 98.0 Å². The lowest BCUT2D eigenvalue weighted by Crippen LogP contribution is -2.63. The third-order valence-corrected chi connectivity index (χ3v) is 13.6. The normalized spacial score (nSPS) is 23.7. The van der Waals surface area contributed by atoms with Crippen LogP contribution in [0.5, 0.6) is 5.75 Å². The van der Waals surface area contributed by atoms with Gasteiger partial charge in [0.1, 0.15) is 17.6 Å². The molecule has 296 valence electrons. The van der Waals surface area contributed by atoms with Crippen LogP contribution in [0.3, 0.4) is 0 Å². The molecule has 12 heteroatoms. The van der Waals surface area contributed by atoms with E-state index in [1.54, 1.807) is 24.3 Å². The Kier molecular flexibility index (Phi) is 8.74. The molecule has 0 saturated carbocycles. The van der Waals surface area contributed by atoms with Gasteiger partial charge in [-0.1, -0.05) is 42.5 Å². The summed E-state index contributed by atoms with van der Waals surface area (Å²) in [5, 5.41) is 12.4. The molecule has 6 aliphatic rings. The second-order valence-electron chi connectivity index (χ2n) is 17.1. The van der Waals surface area contributed by atoms with Crippen LogP contribution in [-0.4, -0.2) is 88.1 Å². The number of nitrogens with zero attached hydrogens (tertiary/aromatic N) is 4. The number of rotatable bonds is 6. The number of nitrogens with one attached hydrogen (secondary N) is 1. The Morgan fingerprint density at radius 1 is 0.793 bits per heavy atom. The summed E-state index contributed by atoms with van der Waals surface area (Å²) in [5.74, 6) is -2.08. The Balaban J connectivity index is 0.750. The second-order valence-corrected chi connectivity index (χ2v) is 17.1. The Bertz CT molecular complexity index is 2360. The molecule has 3 fully saturated rings. The number of halogens is 1. The van der Waals surface area contributed by atoms with Crippen LogP contribution in [0, 0.1) is 11.2 Å². The third kappa shape index (κ3) is 6.16. The molecule has 0 radical (unpaired) electrons. The zero-order valence-corrected chi connectivity index (χ0v) is 32.1. The molecule has 10 rings (SSSR count). The van der Waals surface area contributed by atoms with E-state index in [0.29, 0.717) is 31.7 Å². The number of phenols is 1. The van der Waals surface area contributed by atoms with E-state index in [-0.39, 0.29) is 65.2 Å². The van der Waals surface area contributed by atoms with Crippen LogP contribution < -0.4 is 10.2 Å². The maximum Gasteiger partial charge on any atom is 0.262 e. The first-order valence-corrected chi connectivity index (χ1v) is 20.3. The number of imide groups is 2. The fraction of sp³-hybridized carbons (Fsp3) is 0.370. The molecule has 5 aliphatic heterocycles. The first-order valence-electron chi connectivity index (χ1n) is 20.3. The fourth-order valence-electron chi connectivity index (χ4n) is 10.6. The van der Waals surface area contributed by atoms with Crippen LogP contribution in [-0.2, 0) is 33.9 Å². The van der Waals surface area contributed by atoms with E-state index in [1.165, 1.54) is 5.56 Å². The molecule has 3 saturated heterocycles. The minimum absolute atomic E-state index is 0.0504. The highest BCUT2D eigenvalue weighted by atomic mass is 19.1. The first kappa shape index (κ1) is 36.5. The first-order chi connectivity index (χ1) is 28.0. The van der Waals surface area contributed by atoms with Gasteiger partial charge in [0.05, 0.1) is 17.7 Å². The number of carbonyl (C=O) groups excluding carboxylic acids is 5. The number of phenolic OH excluding ortho intramolecular Hbond substituents is 1. The fourth-order valence-corrected chi connectivity index (χ4v) is 10.6. The predicted molar refractivity (Wildman–Crippen MR) is 212 cm³/mol. The topological polar surface area (TPSA) is 131 Å². The van der Waals surface area contributed by atoms with Crippen molar-refractivity contribution in [3.05, 3.63) is 129 Å². The minimum atomic E-state index is -1.01. The van der Waals surface area contributed by atoms with Crippen molar-refractivity contribution in [3.63, 3.8) is 0 Å². The number of hydrogen-bond acceptors (Lipinski definition) is 8. The largest absolute Gasteiger partial charge is 0.508 e. The van der Waals surface area contributed by atoms with E-state index < -0.39 is 29.7 Å². The van der Waals surface area contributed by atoms with Gasteiger partial charge in [0.15, 0.2) is 0 Å². The van der Waals surface area contributed by atoms with Gasteiger partial charge < -0.3 is 14.9 Å². The van der Waals surface area contributed by atoms with Gasteiger partial charge in [0, 0.05) is 62.7 Å². The molecule has 5 amide bonds. The summed E-state index contributed by atoms with van der Waals surface area (Å²) < 4.78 is 16.3. The molecule has 11 nitrogen and oxygen atoms in total. The third-order valence-electron chi connectivity index (χ3n) is 13.6. The molecule has 0 aromatic heterocycles. The van der Waals surface area contributed by atoms with Crippen molar-refractivity contribution < 1.29 is 33.5 Å². The number of aromatic hydroxyl groups is 1. The van der Waals surface area contributed by atoms with Gasteiger partial charge in [-0.3, -0.25) is 39.1 Å². The SMILES string of the molecule is O=C1CCC(N2C(=O)c3cc4c(cc3C2=O)CN(CC(=O)N2CC3(CCN(c5ccc([C@@H]6c7ccc(O)cc7CC[C@@H]6c6ccccc6)c(F)c5)CC3)C2)C4)C(=O)N1. The van der Waals surface area contributed by atoms with Crippen LogP contribution >= 0.6 is 0 Å². The quantitative estimate of drug-likeness (QED) is 0.255. The molecule has 1 unspecified atom stereocenters. The predicted octanol–water partition coefficient (Wildman–Crippen LogP) is 5.24. The number of aryl methyl sites for hydroxylation is 1. The summed E-state index contributed by atoms with van der Waals surface area (Å²) in [4.78, 5) is 71.3. The van der Waals surface area contributed by atoms with Gasteiger partial charge in [-0.15, -0.1) is 0 Å². The van der Waals surface area contributed by atoms with E-state index in [9.17, 15) is 29.1 Å². The van der Waals surface area contributed by atoms with Gasteiger partial charge in [-0.25, -0.2) is 4.39 Å². The number of fused-ring (bicyclic) bond motifs is 3. The van der Waals surface area contributed by atoms with Crippen molar-refractivity contribution in [2.45, 2.75) is 69.5 Å². The number of benzene rings is 4. The lowest BCUT2D eigenvalue weighted by atomic mass is 9.69. The summed E-state index contributed by atoms with van der Waals surface area (Å²) >= 11 is 0. The molecule has 2 N–H and O–H groups in total. The summed E-state index contributed by atoms with van der Waals surface area (Å²) in [6.07, 6.45) is 3.69. The van der Waals surface area contributed by atoms with Crippen molar-refractivity contribution in [3.8, 4) is 5.75 Å². The van der Waals surface area contributed by atoms with Crippen LogP contribution in [0.15, 0.2) is 78.9 Å². The highest BCUT2D eigenvalue weighted by Crippen LogP contribution is 2.48. The molecule has 1 aliphatic carbocycles. The Morgan fingerprint density at radius 3 is 2.16 bits per heavy atom. The lowest BCUT2D eigenvalue weighted by molar-refractivity contribution is -0.146. The monoisotopic (exact) mass is 781 g/mol. The van der Waals surface area contributed by atoms with Crippen molar-refractivity contribution in [1.82, 2.24) is 20.0 Å². The summed E-state index contributed by atoms with van der Waals surface area (Å²) in [6.45, 7) is 4.13. The standard InChI is InChI=1S/C46H44FN5O6/c47-38-21-31(7-10-35(38)42-33(27-4-2-1-3-5-27)9-6-28-18-32(53)8-11-34(28)42)50-16-14-46(15-17-50)25-51(26-46)41(55)24-49-22-29-19-36-37(20-30(29)23-49)45(58)52(44(36)57)39-12-13-40(54)48-43(39)56/h1-5,7-8,10-11,18-21,33,39,42,53H,6,9,12-17,22-26H2,(H,48,54,56)/t33-,39?,42+/m1/s1. The van der Waals surface area contributed by atoms with Gasteiger partial charge >= 0.3 is 0 Å². The molecule has 0 bridgehead atoms. The number of likely N-dealkylation sites (tertiary alicyclic amines) is 1. The summed E-state index contributed by atoms with van der Waals surface area (Å²) in [5.41, 5.74) is 7.20. The maximum atomic E-state index is 16.3. The van der Waals surface area contributed by atoms with E-state index in [1.807, 2.05) is 52.3 Å². The van der Waals surface area contributed by atoms with Crippen molar-refractivity contribution in [1.29, 1.82) is 0 Å². The molecule has 3 atom stereocenters.